The molecular weight excluding hydrogens is 619 g/mol. The number of carbonyl (C=O) groups is 1. The number of aromatic nitrogens is 3. The molecule has 6 rings (SSSR count). The number of hydrogen-bond donors (Lipinski definition) is 1. The van der Waals surface area contributed by atoms with Gasteiger partial charge in [0.25, 0.3) is 0 Å². The molecule has 0 saturated carbocycles. The van der Waals surface area contributed by atoms with Crippen molar-refractivity contribution in [1.29, 1.82) is 5.26 Å². The van der Waals surface area contributed by atoms with Gasteiger partial charge < -0.3 is 34.1 Å². The zero-order chi connectivity index (χ0) is 33.8. The second-order valence-electron chi connectivity index (χ2n) is 13.0. The Morgan fingerprint density at radius 2 is 1.88 bits per heavy atom. The van der Waals surface area contributed by atoms with Crippen molar-refractivity contribution in [1.82, 2.24) is 24.8 Å². The highest BCUT2D eigenvalue weighted by Crippen LogP contribution is 2.32. The van der Waals surface area contributed by atoms with Crippen LogP contribution in [0.2, 0.25) is 0 Å². The first-order chi connectivity index (χ1) is 23.1. The van der Waals surface area contributed by atoms with E-state index in [-0.39, 0.29) is 30.8 Å². The van der Waals surface area contributed by atoms with Gasteiger partial charge in [-0.05, 0) is 57.2 Å². The molecule has 3 aliphatic rings. The number of benzene rings is 1. The first kappa shape index (κ1) is 33.2. The van der Waals surface area contributed by atoms with Gasteiger partial charge in [-0.2, -0.15) is 10.2 Å². The van der Waals surface area contributed by atoms with Crippen LogP contribution in [0.3, 0.4) is 0 Å². The summed E-state index contributed by atoms with van der Waals surface area (Å²) in [6.45, 7) is 10.7. The van der Waals surface area contributed by atoms with Crippen LogP contribution < -0.4 is 19.7 Å². The number of piperidine rings is 1. The van der Waals surface area contributed by atoms with Crippen molar-refractivity contribution < 1.29 is 28.1 Å². The van der Waals surface area contributed by atoms with Crippen LogP contribution in [0.4, 0.5) is 26.6 Å². The molecule has 5 heterocycles. The number of nitriles is 1. The first-order valence-corrected chi connectivity index (χ1v) is 16.1. The highest BCUT2D eigenvalue weighted by atomic mass is 19.1. The van der Waals surface area contributed by atoms with Crippen molar-refractivity contribution >= 4 is 23.5 Å². The number of nitrogens with zero attached hydrogens (tertiary/aromatic N) is 7. The van der Waals surface area contributed by atoms with Crippen LogP contribution in [0.25, 0.3) is 11.3 Å². The van der Waals surface area contributed by atoms with E-state index in [1.807, 2.05) is 12.1 Å². The third-order valence-electron chi connectivity index (χ3n) is 8.53. The van der Waals surface area contributed by atoms with E-state index in [0.717, 1.165) is 45.1 Å². The van der Waals surface area contributed by atoms with Crippen LogP contribution in [-0.4, -0.2) is 114 Å². The van der Waals surface area contributed by atoms with Crippen LogP contribution in [-0.2, 0) is 9.47 Å². The summed E-state index contributed by atoms with van der Waals surface area (Å²) in [5.41, 5.74) is 1.74. The molecule has 14 heteroatoms. The molecule has 1 N–H and O–H groups in total. The lowest BCUT2D eigenvalue weighted by molar-refractivity contribution is -0.0660. The molecule has 0 radical (unpaired) electrons. The largest absolute Gasteiger partial charge is 0.486 e. The van der Waals surface area contributed by atoms with E-state index in [4.69, 9.17) is 18.9 Å². The topological polar surface area (TPSA) is 138 Å². The molecule has 13 nitrogen and oxygen atoms in total. The van der Waals surface area contributed by atoms with Crippen LogP contribution in [0.1, 0.15) is 32.8 Å². The summed E-state index contributed by atoms with van der Waals surface area (Å²) in [6.07, 6.45) is -0.918. The van der Waals surface area contributed by atoms with Crippen molar-refractivity contribution in [3.8, 4) is 29.0 Å². The summed E-state index contributed by atoms with van der Waals surface area (Å²) < 4.78 is 37.4. The predicted octanol–water partition coefficient (Wildman–Crippen LogP) is 4.41. The molecule has 0 bridgehead atoms. The quantitative estimate of drug-likeness (QED) is 0.366. The lowest BCUT2D eigenvalue weighted by Gasteiger charge is -2.43. The molecule has 3 aliphatic heterocycles. The maximum Gasteiger partial charge on any atom is 0.410 e. The second-order valence-corrected chi connectivity index (χ2v) is 13.0. The number of rotatable bonds is 8. The smallest absolute Gasteiger partial charge is 0.410 e. The number of ether oxygens (including phenoxy) is 4. The predicted molar refractivity (Wildman–Crippen MR) is 176 cm³/mol. The van der Waals surface area contributed by atoms with Gasteiger partial charge in [0.1, 0.15) is 35.0 Å². The molecule has 254 valence electrons. The van der Waals surface area contributed by atoms with Gasteiger partial charge in [-0.15, -0.1) is 0 Å². The molecule has 2 aromatic heterocycles. The Morgan fingerprint density at radius 1 is 1.08 bits per heavy atom. The minimum atomic E-state index is -1.44. The van der Waals surface area contributed by atoms with Gasteiger partial charge in [0, 0.05) is 50.9 Å². The number of alkyl halides is 1. The van der Waals surface area contributed by atoms with E-state index in [0.29, 0.717) is 34.9 Å². The standard InChI is InChI=1S/C34H41FN8O5/c1-34(2,3)48-33(44)43-12-10-29(25(35)19-43)47-28-7-5-22(17-23(28)18-36)26-9-11-37-32(38-26)40-30-8-6-27(31(39-30)45-4)42-15-13-41(14-16-42)24-20-46-21-24/h5-9,11,17,24-25,29H,10,12-16,19-21H2,1-4H3,(H,37,38,39,40)/t25-,29+/m0/s1. The molecule has 1 amide bonds. The number of piperazine rings is 1. The number of anilines is 3. The summed E-state index contributed by atoms with van der Waals surface area (Å²) in [7, 11) is 1.61. The molecule has 1 aromatic carbocycles. The van der Waals surface area contributed by atoms with Crippen LogP contribution in [0, 0.1) is 11.3 Å². The third-order valence-corrected chi connectivity index (χ3v) is 8.53. The normalized spacial score (nSPS) is 20.4. The molecule has 3 aromatic rings. The molecule has 48 heavy (non-hydrogen) atoms. The number of likely N-dealkylation sites (tertiary alicyclic amines) is 1. The van der Waals surface area contributed by atoms with Gasteiger partial charge >= 0.3 is 6.09 Å². The maximum atomic E-state index is 15.1. The maximum absolute atomic E-state index is 15.1. The van der Waals surface area contributed by atoms with Gasteiger partial charge in [0.15, 0.2) is 6.17 Å². The number of halogens is 1. The fraction of sp³-hybridized carbons (Fsp3) is 0.500. The Morgan fingerprint density at radius 3 is 2.54 bits per heavy atom. The van der Waals surface area contributed by atoms with E-state index >= 15 is 4.39 Å². The molecule has 0 unspecified atom stereocenters. The molecular formula is C34H41FN8O5. The average molecular weight is 661 g/mol. The summed E-state index contributed by atoms with van der Waals surface area (Å²) in [6, 6.07) is 13.3. The van der Waals surface area contributed by atoms with Crippen molar-refractivity contribution in [2.45, 2.75) is 51.1 Å². The number of methoxy groups -OCH3 is 1. The lowest BCUT2D eigenvalue weighted by atomic mass is 10.0. The van der Waals surface area contributed by atoms with Gasteiger partial charge in [-0.1, -0.05) is 0 Å². The average Bonchev–Trinajstić information content (AvgIpc) is 3.04. The Kier molecular flexibility index (Phi) is 9.79. The number of nitrogens with one attached hydrogen (secondary N) is 1. The monoisotopic (exact) mass is 660 g/mol. The molecule has 0 aliphatic carbocycles. The van der Waals surface area contributed by atoms with Gasteiger partial charge in [-0.3, -0.25) is 4.90 Å². The number of carbonyl (C=O) groups excluding carboxylic acids is 1. The highest BCUT2D eigenvalue weighted by Gasteiger charge is 2.35. The third kappa shape index (κ3) is 7.69. The van der Waals surface area contributed by atoms with Crippen LogP contribution in [0.15, 0.2) is 42.6 Å². The second kappa shape index (κ2) is 14.2. The summed E-state index contributed by atoms with van der Waals surface area (Å²) in [4.78, 5) is 32.1. The minimum Gasteiger partial charge on any atom is -0.486 e. The number of pyridine rings is 1. The Labute approximate surface area is 279 Å². The lowest BCUT2D eigenvalue weighted by Crippen LogP contribution is -2.56. The molecule has 0 spiro atoms. The minimum absolute atomic E-state index is 0.146. The van der Waals surface area contributed by atoms with Crippen molar-refractivity contribution in [3.05, 3.63) is 48.2 Å². The fourth-order valence-corrected chi connectivity index (χ4v) is 5.90. The number of amides is 1. The summed E-state index contributed by atoms with van der Waals surface area (Å²) in [5, 5.41) is 13.1. The van der Waals surface area contributed by atoms with Gasteiger partial charge in [0.2, 0.25) is 11.8 Å². The first-order valence-electron chi connectivity index (χ1n) is 16.1. The highest BCUT2D eigenvalue weighted by molar-refractivity contribution is 5.68. The zero-order valence-corrected chi connectivity index (χ0v) is 27.7. The van der Waals surface area contributed by atoms with Gasteiger partial charge in [0.05, 0.1) is 44.2 Å². The van der Waals surface area contributed by atoms with Crippen LogP contribution in [0.5, 0.6) is 11.6 Å². The van der Waals surface area contributed by atoms with E-state index in [2.05, 4.69) is 36.1 Å². The van der Waals surface area contributed by atoms with E-state index in [1.165, 1.54) is 4.90 Å². The summed E-state index contributed by atoms with van der Waals surface area (Å²) >= 11 is 0. The van der Waals surface area contributed by atoms with E-state index < -0.39 is 24.0 Å². The Balaban J connectivity index is 1.09. The van der Waals surface area contributed by atoms with Crippen LogP contribution >= 0.6 is 0 Å². The van der Waals surface area contributed by atoms with Crippen molar-refractivity contribution in [2.24, 2.45) is 0 Å². The number of hydrogen-bond acceptors (Lipinski definition) is 12. The zero-order valence-electron chi connectivity index (χ0n) is 27.7. The SMILES string of the molecule is COc1nc(Nc2nccc(-c3ccc(O[C@@H]4CCN(C(=O)OC(C)(C)C)C[C@@H]4F)c(C#N)c3)n2)ccc1N1CCN(C2COC2)CC1. The van der Waals surface area contributed by atoms with E-state index in [1.54, 1.807) is 58.3 Å². The molecule has 3 saturated heterocycles. The Bertz CT molecular complexity index is 1650. The fourth-order valence-electron chi connectivity index (χ4n) is 5.90. The molecule has 3 fully saturated rings. The van der Waals surface area contributed by atoms with Crippen molar-refractivity contribution in [2.75, 3.05) is 69.8 Å². The van der Waals surface area contributed by atoms with Gasteiger partial charge in [-0.25, -0.2) is 19.2 Å². The van der Waals surface area contributed by atoms with E-state index in [9.17, 15) is 10.1 Å². The Hall–Kier alpha value is -4.74. The van der Waals surface area contributed by atoms with Crippen molar-refractivity contribution in [3.63, 3.8) is 0 Å². The molecule has 2 atom stereocenters. The summed E-state index contributed by atoms with van der Waals surface area (Å²) in [5.74, 6) is 1.62.